The Bertz CT molecular complexity index is 1600. The molecule has 3 aromatic carbocycles. The monoisotopic (exact) mass is 615 g/mol. The zero-order valence-electron chi connectivity index (χ0n) is 25.7. The van der Waals surface area contributed by atoms with Gasteiger partial charge < -0.3 is 25.1 Å². The Morgan fingerprint density at radius 1 is 0.929 bits per heavy atom. The van der Waals surface area contributed by atoms with Gasteiger partial charge in [-0.1, -0.05) is 24.3 Å². The molecule has 0 aliphatic carbocycles. The maximum Gasteiger partial charge on any atom is 1.00 e. The fraction of sp³-hybridized carbons (Fsp3) is 0.367. The van der Waals surface area contributed by atoms with Crippen LogP contribution in [0, 0.1) is 0 Å². The van der Waals surface area contributed by atoms with Gasteiger partial charge >= 0.3 is 43.5 Å². The Morgan fingerprint density at radius 2 is 1.52 bits per heavy atom. The molecule has 1 N–H and O–H groups in total. The van der Waals surface area contributed by atoms with Crippen LogP contribution in [0.25, 0.3) is 16.7 Å². The van der Waals surface area contributed by atoms with Gasteiger partial charge in [0.05, 0.1) is 24.2 Å². The van der Waals surface area contributed by atoms with Crippen molar-refractivity contribution in [1.29, 1.82) is 0 Å². The van der Waals surface area contributed by atoms with E-state index in [2.05, 4.69) is 4.74 Å². The Labute approximate surface area is 266 Å². The van der Waals surface area contributed by atoms with Crippen molar-refractivity contribution in [2.45, 2.75) is 65.4 Å². The van der Waals surface area contributed by atoms with Crippen molar-refractivity contribution in [2.24, 2.45) is 4.99 Å². The quantitative estimate of drug-likeness (QED) is 0.276. The summed E-state index contributed by atoms with van der Waals surface area (Å²) in [6, 6.07) is 16.2. The molecule has 2 atom stereocenters. The van der Waals surface area contributed by atoms with Gasteiger partial charge in [0.15, 0.2) is 11.5 Å². The van der Waals surface area contributed by atoms with E-state index in [1.165, 1.54) is 12.1 Å². The third-order valence-electron chi connectivity index (χ3n) is 6.41. The molecule has 42 heavy (non-hydrogen) atoms. The number of halogens is 3. The minimum absolute atomic E-state index is 0. The fourth-order valence-corrected chi connectivity index (χ4v) is 6.62. The molecule has 2 unspecified atom stereocenters. The van der Waals surface area contributed by atoms with E-state index >= 15 is 0 Å². The number of fused-ring (bicyclic) bond motifs is 1. The molecule has 7 nitrogen and oxygen atoms in total. The molecule has 0 spiro atoms. The molecule has 0 saturated heterocycles. The van der Waals surface area contributed by atoms with Gasteiger partial charge in [-0.05, 0) is 100 Å². The van der Waals surface area contributed by atoms with Crippen molar-refractivity contribution in [1.82, 2.24) is 0 Å². The molecule has 0 amide bonds. The predicted octanol–water partition coefficient (Wildman–Crippen LogP) is 3.82. The summed E-state index contributed by atoms with van der Waals surface area (Å²) in [6.07, 6.45) is -5.33. The molecular weight excluding hydrogens is 581 g/mol. The van der Waals surface area contributed by atoms with Crippen LogP contribution < -0.4 is 54.3 Å². The molecule has 4 rings (SSSR count). The largest absolute Gasteiger partial charge is 1.00 e. The molecular formula is C30H34F3NNaO6P. The molecule has 0 radical (unpaired) electrons. The predicted molar refractivity (Wildman–Crippen MR) is 151 cm³/mol. The van der Waals surface area contributed by atoms with Gasteiger partial charge in [-0.25, -0.2) is 0 Å². The van der Waals surface area contributed by atoms with E-state index in [9.17, 15) is 22.6 Å². The van der Waals surface area contributed by atoms with Crippen LogP contribution in [0.4, 0.5) is 13.2 Å². The number of alkyl halides is 3. The molecule has 0 fully saturated rings. The van der Waals surface area contributed by atoms with E-state index < -0.39 is 25.0 Å². The second-order valence-corrected chi connectivity index (χ2v) is 12.1. The van der Waals surface area contributed by atoms with Gasteiger partial charge in [0.2, 0.25) is 5.28 Å². The molecule has 1 aliphatic heterocycles. The van der Waals surface area contributed by atoms with Gasteiger partial charge in [0.25, 0.3) is 0 Å². The minimum Gasteiger partial charge on any atom is -1.00 e. The van der Waals surface area contributed by atoms with E-state index in [1.54, 1.807) is 76.2 Å². The zero-order valence-corrected chi connectivity index (χ0v) is 27.5. The number of benzene rings is 3. The van der Waals surface area contributed by atoms with E-state index in [0.29, 0.717) is 38.6 Å². The molecule has 1 heterocycles. The normalized spacial score (nSPS) is 17.8. The van der Waals surface area contributed by atoms with Crippen molar-refractivity contribution < 1.29 is 72.3 Å². The van der Waals surface area contributed by atoms with Crippen LogP contribution in [0.3, 0.4) is 0 Å². The molecule has 1 aliphatic rings. The van der Waals surface area contributed by atoms with Crippen molar-refractivity contribution in [3.8, 4) is 28.4 Å². The van der Waals surface area contributed by atoms with Crippen LogP contribution in [0.2, 0.25) is 0 Å². The van der Waals surface area contributed by atoms with Crippen LogP contribution in [0.1, 0.15) is 48.5 Å². The standard InChI is InChI=1S/C30H33F3NO6P.Na.H/c1-7-37-41(35,36)29(23-10-12-24(13-11-23)38-18(2)3)20(6)25-16-21(8-14-26(25)34-29)22-9-15-27(39-19(4)5)28(17-22)40-30(31,32)33;;/h8-19H,7H2,1-6H3,(H,35,36);;/q;+1;-1. The van der Waals surface area contributed by atoms with Gasteiger partial charge in [0, 0.05) is 5.22 Å². The summed E-state index contributed by atoms with van der Waals surface area (Å²) in [5.74, 6) is 0.0889. The number of hydrogen-bond acceptors (Lipinski definition) is 6. The van der Waals surface area contributed by atoms with E-state index in [0.717, 1.165) is 0 Å². The van der Waals surface area contributed by atoms with E-state index in [-0.39, 0.29) is 55.5 Å². The maximum atomic E-state index is 13.8. The van der Waals surface area contributed by atoms with Gasteiger partial charge in [-0.3, -0.25) is 9.56 Å². The minimum atomic E-state index is -4.91. The third kappa shape index (κ3) is 7.07. The molecule has 222 valence electrons. The first kappa shape index (κ1) is 34.2. The Kier molecular flexibility index (Phi) is 10.7. The second-order valence-electron chi connectivity index (χ2n) is 10.1. The van der Waals surface area contributed by atoms with Crippen LogP contribution in [0.15, 0.2) is 65.7 Å². The number of rotatable bonds is 10. The van der Waals surface area contributed by atoms with Crippen LogP contribution in [0.5, 0.6) is 17.2 Å². The van der Waals surface area contributed by atoms with Crippen LogP contribution >= 0.6 is 7.60 Å². The van der Waals surface area contributed by atoms with Gasteiger partial charge in [-0.15, -0.1) is 13.2 Å². The first-order chi connectivity index (χ1) is 19.2. The molecule has 12 heteroatoms. The van der Waals surface area contributed by atoms with Gasteiger partial charge in [-0.2, -0.15) is 0 Å². The topological polar surface area (TPSA) is 86.6 Å². The summed E-state index contributed by atoms with van der Waals surface area (Å²) >= 11 is 0. The summed E-state index contributed by atoms with van der Waals surface area (Å²) in [4.78, 5) is 16.0. The summed E-state index contributed by atoms with van der Waals surface area (Å²) in [5.41, 5.74) is 1.90. The summed E-state index contributed by atoms with van der Waals surface area (Å²) in [5, 5.41) is -0.700. The first-order valence-corrected chi connectivity index (χ1v) is 14.8. The fourth-order valence-electron chi connectivity index (χ4n) is 4.83. The molecule has 0 saturated carbocycles. The third-order valence-corrected chi connectivity index (χ3v) is 8.53. The zero-order chi connectivity index (χ0) is 30.2. The van der Waals surface area contributed by atoms with Crippen molar-refractivity contribution >= 4 is 13.2 Å². The van der Waals surface area contributed by atoms with Crippen LogP contribution in [-0.2, 0) is 14.4 Å². The Morgan fingerprint density at radius 3 is 2.10 bits per heavy atom. The summed E-state index contributed by atoms with van der Waals surface area (Å²) in [7, 11) is -4.42. The van der Waals surface area contributed by atoms with E-state index in [1.807, 2.05) is 13.8 Å². The van der Waals surface area contributed by atoms with E-state index in [4.69, 9.17) is 19.0 Å². The maximum absolute atomic E-state index is 13.8. The number of ether oxygens (including phenoxy) is 3. The van der Waals surface area contributed by atoms with Crippen molar-refractivity contribution in [3.63, 3.8) is 0 Å². The summed E-state index contributed by atoms with van der Waals surface area (Å²) in [6.45, 7) is 10.5. The van der Waals surface area contributed by atoms with Gasteiger partial charge in [0.1, 0.15) is 5.75 Å². The number of hydrogen-bond donors (Lipinski definition) is 1. The smallest absolute Gasteiger partial charge is 1.00 e. The Balaban J connectivity index is 0.00000323. The number of nitrogens with zero attached hydrogens (tertiary/aromatic N) is 1. The second kappa shape index (κ2) is 13.1. The molecule has 0 aromatic heterocycles. The average Bonchev–Trinajstić information content (AvgIpc) is 3.17. The summed E-state index contributed by atoms with van der Waals surface area (Å²) < 4.78 is 74.2. The SMILES string of the molecule is CCOP(=O)(O)C1(c2ccc(OC(C)C)cc2)N=c2ccc(-c3ccc(OC(C)C)c(OC(F)(F)F)c3)cc2=C1C.[H-].[Na+]. The first-order valence-electron chi connectivity index (χ1n) is 13.2. The molecule has 3 aromatic rings. The average molecular weight is 616 g/mol. The van der Waals surface area contributed by atoms with Crippen molar-refractivity contribution in [2.75, 3.05) is 6.61 Å². The van der Waals surface area contributed by atoms with Crippen LogP contribution in [-0.4, -0.2) is 30.1 Å². The Hall–Kier alpha value is -2.33. The van der Waals surface area contributed by atoms with Crippen molar-refractivity contribution in [3.05, 3.63) is 76.8 Å². The molecule has 0 bridgehead atoms.